The van der Waals surface area contributed by atoms with Gasteiger partial charge in [-0.1, -0.05) is 13.8 Å². The number of nitrogens with zero attached hydrogens (tertiary/aromatic N) is 1. The maximum atomic E-state index is 12.7. The Kier molecular flexibility index (Phi) is 3.21. The first-order valence-electron chi connectivity index (χ1n) is 7.39. The van der Waals surface area contributed by atoms with Crippen LogP contribution in [0.15, 0.2) is 18.2 Å². The zero-order chi connectivity index (χ0) is 14.3. The van der Waals surface area contributed by atoms with Gasteiger partial charge in [0.1, 0.15) is 0 Å². The van der Waals surface area contributed by atoms with Crippen LogP contribution in [0, 0.1) is 5.41 Å². The van der Waals surface area contributed by atoms with Gasteiger partial charge in [-0.05, 0) is 42.0 Å². The van der Waals surface area contributed by atoms with E-state index in [0.717, 1.165) is 38.0 Å². The zero-order valence-electron chi connectivity index (χ0n) is 12.3. The number of hydrogen-bond acceptors (Lipinski definition) is 3. The molecule has 1 amide bonds. The third-order valence-electron chi connectivity index (χ3n) is 4.66. The average molecular weight is 273 g/mol. The molecule has 1 saturated heterocycles. The van der Waals surface area contributed by atoms with E-state index in [4.69, 9.17) is 5.73 Å². The summed E-state index contributed by atoms with van der Waals surface area (Å²) < 4.78 is 0. The van der Waals surface area contributed by atoms with Crippen LogP contribution in [0.1, 0.15) is 36.2 Å². The van der Waals surface area contributed by atoms with Gasteiger partial charge in [-0.15, -0.1) is 0 Å². The number of amides is 1. The molecule has 2 heterocycles. The number of piperidine rings is 1. The molecule has 0 bridgehead atoms. The van der Waals surface area contributed by atoms with Crippen LogP contribution in [0.2, 0.25) is 0 Å². The van der Waals surface area contributed by atoms with Gasteiger partial charge >= 0.3 is 0 Å². The lowest BCUT2D eigenvalue weighted by atomic mass is 9.79. The van der Waals surface area contributed by atoms with Crippen molar-refractivity contribution in [1.29, 1.82) is 0 Å². The number of nitrogens with two attached hydrogens (primary N) is 1. The van der Waals surface area contributed by atoms with Crippen LogP contribution in [-0.4, -0.2) is 36.5 Å². The van der Waals surface area contributed by atoms with Crippen LogP contribution in [0.3, 0.4) is 0 Å². The number of likely N-dealkylation sites (tertiary alicyclic amines) is 1. The summed E-state index contributed by atoms with van der Waals surface area (Å²) in [4.78, 5) is 14.6. The maximum absolute atomic E-state index is 12.7. The van der Waals surface area contributed by atoms with Gasteiger partial charge in [0.15, 0.2) is 0 Å². The normalized spacial score (nSPS) is 24.1. The molecule has 1 unspecified atom stereocenters. The summed E-state index contributed by atoms with van der Waals surface area (Å²) in [5.41, 5.74) is 9.36. The lowest BCUT2D eigenvalue weighted by Crippen LogP contribution is -2.54. The summed E-state index contributed by atoms with van der Waals surface area (Å²) in [6, 6.07) is 6.17. The summed E-state index contributed by atoms with van der Waals surface area (Å²) in [7, 11) is 0. The number of fused-ring (bicyclic) bond motifs is 1. The van der Waals surface area contributed by atoms with E-state index in [1.807, 2.05) is 23.1 Å². The molecule has 2 aliphatic heterocycles. The van der Waals surface area contributed by atoms with Gasteiger partial charge in [0.05, 0.1) is 0 Å². The molecule has 4 nitrogen and oxygen atoms in total. The topological polar surface area (TPSA) is 58.4 Å². The molecule has 3 rings (SSSR count). The second kappa shape index (κ2) is 4.77. The Labute approximate surface area is 120 Å². The first kappa shape index (κ1) is 13.4. The van der Waals surface area contributed by atoms with Crippen molar-refractivity contribution in [2.24, 2.45) is 11.1 Å². The smallest absolute Gasteiger partial charge is 0.253 e. The SMILES string of the molecule is CC1(C)CN(C(=O)c2ccc3c(c2)CCN3)CCC1N. The molecule has 3 N–H and O–H groups in total. The molecule has 1 aromatic carbocycles. The number of nitrogens with one attached hydrogen (secondary N) is 1. The molecule has 108 valence electrons. The Morgan fingerprint density at radius 2 is 2.25 bits per heavy atom. The first-order chi connectivity index (χ1) is 9.47. The molecule has 0 aromatic heterocycles. The van der Waals surface area contributed by atoms with E-state index < -0.39 is 0 Å². The first-order valence-corrected chi connectivity index (χ1v) is 7.39. The summed E-state index contributed by atoms with van der Waals surface area (Å²) in [6.45, 7) is 6.76. The number of anilines is 1. The minimum atomic E-state index is -0.00774. The fraction of sp³-hybridized carbons (Fsp3) is 0.562. The molecule has 1 fully saturated rings. The number of carbonyl (C=O) groups is 1. The second-order valence-corrected chi connectivity index (χ2v) is 6.66. The Hall–Kier alpha value is -1.55. The summed E-state index contributed by atoms with van der Waals surface area (Å²) in [5.74, 6) is 0.139. The molecule has 2 aliphatic rings. The summed E-state index contributed by atoms with van der Waals surface area (Å²) in [5, 5.41) is 3.32. The largest absolute Gasteiger partial charge is 0.384 e. The van der Waals surface area contributed by atoms with Crippen molar-refractivity contribution in [2.45, 2.75) is 32.7 Å². The molecular formula is C16H23N3O. The van der Waals surface area contributed by atoms with Gasteiger partial charge in [-0.3, -0.25) is 4.79 Å². The van der Waals surface area contributed by atoms with E-state index in [0.29, 0.717) is 0 Å². The lowest BCUT2D eigenvalue weighted by molar-refractivity contribution is 0.0533. The van der Waals surface area contributed by atoms with Crippen LogP contribution in [-0.2, 0) is 6.42 Å². The molecule has 0 saturated carbocycles. The Morgan fingerprint density at radius 1 is 1.45 bits per heavy atom. The van der Waals surface area contributed by atoms with Gasteiger partial charge in [0.2, 0.25) is 0 Å². The highest BCUT2D eigenvalue weighted by atomic mass is 16.2. The van der Waals surface area contributed by atoms with Crippen molar-refractivity contribution in [1.82, 2.24) is 4.90 Å². The van der Waals surface area contributed by atoms with Gasteiger partial charge < -0.3 is 16.0 Å². The van der Waals surface area contributed by atoms with Crippen LogP contribution in [0.25, 0.3) is 0 Å². The van der Waals surface area contributed by atoms with Crippen LogP contribution >= 0.6 is 0 Å². The van der Waals surface area contributed by atoms with Crippen LogP contribution < -0.4 is 11.1 Å². The molecule has 1 atom stereocenters. The number of carbonyl (C=O) groups excluding carboxylic acids is 1. The van der Waals surface area contributed by atoms with Crippen LogP contribution in [0.4, 0.5) is 5.69 Å². The molecule has 0 aliphatic carbocycles. The monoisotopic (exact) mass is 273 g/mol. The fourth-order valence-corrected chi connectivity index (χ4v) is 3.17. The quantitative estimate of drug-likeness (QED) is 0.821. The Bertz CT molecular complexity index is 539. The predicted molar refractivity (Wildman–Crippen MR) is 80.9 cm³/mol. The Balaban J connectivity index is 1.79. The third kappa shape index (κ3) is 2.29. The number of rotatable bonds is 1. The van der Waals surface area contributed by atoms with Gasteiger partial charge in [0, 0.05) is 36.9 Å². The fourth-order valence-electron chi connectivity index (χ4n) is 3.17. The highest BCUT2D eigenvalue weighted by molar-refractivity contribution is 5.95. The van der Waals surface area contributed by atoms with Crippen molar-refractivity contribution in [2.75, 3.05) is 25.0 Å². The average Bonchev–Trinajstić information content (AvgIpc) is 2.88. The van der Waals surface area contributed by atoms with Crippen molar-refractivity contribution < 1.29 is 4.79 Å². The number of benzene rings is 1. The second-order valence-electron chi connectivity index (χ2n) is 6.66. The van der Waals surface area contributed by atoms with Crippen molar-refractivity contribution in [3.8, 4) is 0 Å². The Morgan fingerprint density at radius 3 is 3.00 bits per heavy atom. The van der Waals surface area contributed by atoms with Crippen molar-refractivity contribution in [3.05, 3.63) is 29.3 Å². The van der Waals surface area contributed by atoms with Crippen molar-refractivity contribution in [3.63, 3.8) is 0 Å². The summed E-state index contributed by atoms with van der Waals surface area (Å²) >= 11 is 0. The van der Waals surface area contributed by atoms with Gasteiger partial charge in [-0.2, -0.15) is 0 Å². The van der Waals surface area contributed by atoms with E-state index in [1.54, 1.807) is 0 Å². The lowest BCUT2D eigenvalue weighted by Gasteiger charge is -2.42. The standard InChI is InChI=1S/C16H23N3O/c1-16(2)10-19(8-6-14(16)17)15(20)12-3-4-13-11(9-12)5-7-18-13/h3-4,9,14,18H,5-8,10,17H2,1-2H3. The van der Waals surface area contributed by atoms with E-state index in [2.05, 4.69) is 19.2 Å². The summed E-state index contributed by atoms with van der Waals surface area (Å²) in [6.07, 6.45) is 1.89. The predicted octanol–water partition coefficient (Wildman–Crippen LogP) is 1.85. The van der Waals surface area contributed by atoms with E-state index >= 15 is 0 Å². The zero-order valence-corrected chi connectivity index (χ0v) is 12.3. The maximum Gasteiger partial charge on any atom is 0.253 e. The van der Waals surface area contributed by atoms with E-state index in [9.17, 15) is 4.79 Å². The van der Waals surface area contributed by atoms with Crippen molar-refractivity contribution >= 4 is 11.6 Å². The van der Waals surface area contributed by atoms with E-state index in [-0.39, 0.29) is 17.4 Å². The minimum Gasteiger partial charge on any atom is -0.384 e. The molecule has 1 aromatic rings. The molecule has 20 heavy (non-hydrogen) atoms. The molecule has 0 radical (unpaired) electrons. The number of hydrogen-bond donors (Lipinski definition) is 2. The highest BCUT2D eigenvalue weighted by Gasteiger charge is 2.35. The van der Waals surface area contributed by atoms with Gasteiger partial charge in [0.25, 0.3) is 5.91 Å². The molecule has 4 heteroatoms. The van der Waals surface area contributed by atoms with Crippen LogP contribution in [0.5, 0.6) is 0 Å². The minimum absolute atomic E-state index is 0.00774. The molecular weight excluding hydrogens is 250 g/mol. The highest BCUT2D eigenvalue weighted by Crippen LogP contribution is 2.29. The van der Waals surface area contributed by atoms with Gasteiger partial charge in [-0.25, -0.2) is 0 Å². The third-order valence-corrected chi connectivity index (χ3v) is 4.66. The molecule has 0 spiro atoms. The van der Waals surface area contributed by atoms with E-state index in [1.165, 1.54) is 11.3 Å².